The minimum absolute atomic E-state index is 0.130. The highest BCUT2D eigenvalue weighted by molar-refractivity contribution is 7.87. The molecule has 0 bridgehead atoms. The summed E-state index contributed by atoms with van der Waals surface area (Å²) in [6.45, 7) is -0.197. The highest BCUT2D eigenvalue weighted by atomic mass is 32.3. The van der Waals surface area contributed by atoms with Crippen LogP contribution in [0.1, 0.15) is 12.0 Å². The van der Waals surface area contributed by atoms with Crippen LogP contribution in [0.5, 0.6) is 0 Å². The van der Waals surface area contributed by atoms with Gasteiger partial charge in [-0.1, -0.05) is 0 Å². The molecule has 1 N–H and O–H groups in total. The van der Waals surface area contributed by atoms with Gasteiger partial charge in [-0.15, -0.1) is 3.89 Å². The third-order valence-corrected chi connectivity index (χ3v) is 4.63. The van der Waals surface area contributed by atoms with Gasteiger partial charge in [0.2, 0.25) is 11.8 Å². The Hall–Kier alpha value is -1.96. The van der Waals surface area contributed by atoms with E-state index in [9.17, 15) is 21.9 Å². The Labute approximate surface area is 114 Å². The molecule has 1 saturated heterocycles. The van der Waals surface area contributed by atoms with E-state index in [1.165, 1.54) is 4.90 Å². The van der Waals surface area contributed by atoms with Gasteiger partial charge in [-0.3, -0.25) is 9.59 Å². The van der Waals surface area contributed by atoms with E-state index in [4.69, 9.17) is 0 Å². The van der Waals surface area contributed by atoms with Crippen LogP contribution < -0.4 is 10.2 Å². The molecule has 0 aromatic heterocycles. The summed E-state index contributed by atoms with van der Waals surface area (Å²) in [5, 5.41) is 1.34. The Kier molecular flexibility index (Phi) is 2.79. The highest BCUT2D eigenvalue weighted by Crippen LogP contribution is 2.31. The van der Waals surface area contributed by atoms with Crippen LogP contribution in [0.15, 0.2) is 18.2 Å². The molecule has 2 amide bonds. The molecule has 1 aromatic rings. The fraction of sp³-hybridized carbons (Fsp3) is 0.333. The predicted octanol–water partition coefficient (Wildman–Crippen LogP) is 0.586. The molecule has 2 heterocycles. The number of carbonyl (C=O) groups is 2. The first-order valence-corrected chi connectivity index (χ1v) is 7.46. The van der Waals surface area contributed by atoms with E-state index < -0.39 is 21.4 Å². The van der Waals surface area contributed by atoms with Crippen LogP contribution in [0.25, 0.3) is 0 Å². The summed E-state index contributed by atoms with van der Waals surface area (Å²) >= 11 is 0. The summed E-state index contributed by atoms with van der Waals surface area (Å²) in [6.07, 6.45) is -0.136. The van der Waals surface area contributed by atoms with Gasteiger partial charge in [-0.05, 0) is 23.8 Å². The predicted molar refractivity (Wildman–Crippen MR) is 69.6 cm³/mol. The average molecular weight is 298 g/mol. The SMILES string of the molecule is O=C1Cc2cc(N3CC(S(=O)(=O)F)CC3=O)ccc2N1. The maximum Gasteiger partial charge on any atom is 0.307 e. The molecule has 20 heavy (non-hydrogen) atoms. The summed E-state index contributed by atoms with van der Waals surface area (Å²) in [6, 6.07) is 4.91. The topological polar surface area (TPSA) is 83.6 Å². The minimum Gasteiger partial charge on any atom is -0.326 e. The lowest BCUT2D eigenvalue weighted by atomic mass is 10.1. The van der Waals surface area contributed by atoms with E-state index in [1.807, 2.05) is 0 Å². The first-order chi connectivity index (χ1) is 9.34. The highest BCUT2D eigenvalue weighted by Gasteiger charge is 2.39. The lowest BCUT2D eigenvalue weighted by molar-refractivity contribution is -0.117. The number of anilines is 2. The number of carbonyl (C=O) groups excluding carboxylic acids is 2. The third kappa shape index (κ3) is 2.15. The number of rotatable bonds is 2. The van der Waals surface area contributed by atoms with Crippen molar-refractivity contribution in [1.29, 1.82) is 0 Å². The second kappa shape index (κ2) is 4.27. The second-order valence-corrected chi connectivity index (χ2v) is 6.49. The van der Waals surface area contributed by atoms with E-state index in [1.54, 1.807) is 18.2 Å². The zero-order chi connectivity index (χ0) is 14.5. The zero-order valence-electron chi connectivity index (χ0n) is 10.3. The molecule has 1 atom stereocenters. The number of benzene rings is 1. The van der Waals surface area contributed by atoms with Gasteiger partial charge in [0, 0.05) is 24.3 Å². The number of nitrogens with one attached hydrogen (secondary N) is 1. The number of amides is 2. The number of nitrogens with zero attached hydrogens (tertiary/aromatic N) is 1. The van der Waals surface area contributed by atoms with Crippen molar-refractivity contribution < 1.29 is 21.9 Å². The number of hydrogen-bond acceptors (Lipinski definition) is 4. The maximum atomic E-state index is 13.0. The molecular formula is C12H11FN2O4S. The van der Waals surface area contributed by atoms with Crippen LogP contribution in [0, 0.1) is 0 Å². The molecule has 1 aromatic carbocycles. The lowest BCUT2D eigenvalue weighted by Crippen LogP contribution is -2.26. The van der Waals surface area contributed by atoms with Gasteiger partial charge in [0.25, 0.3) is 0 Å². The summed E-state index contributed by atoms with van der Waals surface area (Å²) in [7, 11) is -4.73. The lowest BCUT2D eigenvalue weighted by Gasteiger charge is -2.17. The number of hydrogen-bond donors (Lipinski definition) is 1. The summed E-state index contributed by atoms with van der Waals surface area (Å²) in [5.41, 5.74) is 1.91. The Bertz CT molecular complexity index is 716. The monoisotopic (exact) mass is 298 g/mol. The van der Waals surface area contributed by atoms with E-state index in [0.717, 1.165) is 5.56 Å². The van der Waals surface area contributed by atoms with Crippen molar-refractivity contribution >= 4 is 33.4 Å². The number of halogens is 1. The molecule has 2 aliphatic heterocycles. The zero-order valence-corrected chi connectivity index (χ0v) is 11.1. The van der Waals surface area contributed by atoms with Crippen LogP contribution in [0.4, 0.5) is 15.3 Å². The van der Waals surface area contributed by atoms with E-state index in [2.05, 4.69) is 5.32 Å². The molecule has 2 aliphatic rings. The van der Waals surface area contributed by atoms with Gasteiger partial charge in [0.1, 0.15) is 5.25 Å². The molecule has 8 heteroatoms. The van der Waals surface area contributed by atoms with Crippen LogP contribution in [0.2, 0.25) is 0 Å². The first-order valence-electron chi connectivity index (χ1n) is 6.01. The molecule has 0 spiro atoms. The van der Waals surface area contributed by atoms with Gasteiger partial charge >= 0.3 is 10.2 Å². The molecule has 106 valence electrons. The molecule has 6 nitrogen and oxygen atoms in total. The Morgan fingerprint density at radius 3 is 2.70 bits per heavy atom. The van der Waals surface area contributed by atoms with Crippen molar-refractivity contribution in [2.45, 2.75) is 18.1 Å². The van der Waals surface area contributed by atoms with Crippen molar-refractivity contribution in [3.05, 3.63) is 23.8 Å². The molecule has 3 rings (SSSR count). The minimum atomic E-state index is -4.73. The first kappa shape index (κ1) is 13.0. The Morgan fingerprint density at radius 2 is 2.05 bits per heavy atom. The van der Waals surface area contributed by atoms with Crippen molar-refractivity contribution in [2.75, 3.05) is 16.8 Å². The summed E-state index contributed by atoms with van der Waals surface area (Å²) in [4.78, 5) is 24.3. The summed E-state index contributed by atoms with van der Waals surface area (Å²) in [5.74, 6) is -0.567. The van der Waals surface area contributed by atoms with Gasteiger partial charge in [0.05, 0.1) is 6.42 Å². The fourth-order valence-corrected chi connectivity index (χ4v) is 3.17. The molecule has 0 saturated carbocycles. The van der Waals surface area contributed by atoms with Crippen molar-refractivity contribution in [3.63, 3.8) is 0 Å². The van der Waals surface area contributed by atoms with Crippen LogP contribution in [-0.2, 0) is 26.2 Å². The quantitative estimate of drug-likeness (QED) is 0.810. The van der Waals surface area contributed by atoms with E-state index in [-0.39, 0.29) is 25.3 Å². The fourth-order valence-electron chi connectivity index (χ4n) is 2.50. The van der Waals surface area contributed by atoms with Gasteiger partial charge in [-0.25, -0.2) is 0 Å². The number of fused-ring (bicyclic) bond motifs is 1. The molecule has 0 aliphatic carbocycles. The molecule has 1 unspecified atom stereocenters. The van der Waals surface area contributed by atoms with Gasteiger partial charge < -0.3 is 10.2 Å². The van der Waals surface area contributed by atoms with Crippen molar-refractivity contribution in [2.24, 2.45) is 0 Å². The Balaban J connectivity index is 1.89. The molecule has 0 radical (unpaired) electrons. The van der Waals surface area contributed by atoms with Crippen molar-refractivity contribution in [3.8, 4) is 0 Å². The van der Waals surface area contributed by atoms with E-state index >= 15 is 0 Å². The largest absolute Gasteiger partial charge is 0.326 e. The maximum absolute atomic E-state index is 13.0. The van der Waals surface area contributed by atoms with Gasteiger partial charge in [-0.2, -0.15) is 8.42 Å². The van der Waals surface area contributed by atoms with Crippen LogP contribution >= 0.6 is 0 Å². The third-order valence-electron chi connectivity index (χ3n) is 3.51. The van der Waals surface area contributed by atoms with E-state index in [0.29, 0.717) is 11.4 Å². The average Bonchev–Trinajstić information content (AvgIpc) is 2.89. The summed E-state index contributed by atoms with van der Waals surface area (Å²) < 4.78 is 34.7. The molecular weight excluding hydrogens is 287 g/mol. The van der Waals surface area contributed by atoms with Crippen LogP contribution in [-0.4, -0.2) is 32.0 Å². The molecule has 1 fully saturated rings. The second-order valence-electron chi connectivity index (χ2n) is 4.87. The standard InChI is InChI=1S/C12H11FN2O4S/c13-20(18,19)9-5-12(17)15(6-9)8-1-2-10-7(3-8)4-11(16)14-10/h1-3,9H,4-6H2,(H,14,16). The normalized spacial score (nSPS) is 22.1. The Morgan fingerprint density at radius 1 is 1.30 bits per heavy atom. The van der Waals surface area contributed by atoms with Crippen LogP contribution in [0.3, 0.4) is 0 Å². The van der Waals surface area contributed by atoms with Gasteiger partial charge in [0.15, 0.2) is 0 Å². The van der Waals surface area contributed by atoms with Crippen molar-refractivity contribution in [1.82, 2.24) is 0 Å². The smallest absolute Gasteiger partial charge is 0.307 e.